The second kappa shape index (κ2) is 5.14. The number of carbonyl (C=O) groups is 1. The molecule has 1 saturated carbocycles. The van der Waals surface area contributed by atoms with E-state index in [1.54, 1.807) is 6.08 Å². The minimum Gasteiger partial charge on any atom is -0.406 e. The molecule has 110 valence electrons. The van der Waals surface area contributed by atoms with Crippen LogP contribution in [0.4, 0.5) is 0 Å². The summed E-state index contributed by atoms with van der Waals surface area (Å²) in [6.07, 6.45) is 5.17. The topological polar surface area (TPSA) is 38.7 Å². The van der Waals surface area contributed by atoms with Crippen LogP contribution in [-0.4, -0.2) is 11.9 Å². The molecule has 2 aliphatic rings. The van der Waals surface area contributed by atoms with Gasteiger partial charge in [0.25, 0.3) is 0 Å². The summed E-state index contributed by atoms with van der Waals surface area (Å²) in [6.45, 7) is 6.55. The molecule has 0 atom stereocenters. The average Bonchev–Trinajstić information content (AvgIpc) is 2.68. The molecule has 1 aromatic carbocycles. The van der Waals surface area contributed by atoms with Gasteiger partial charge in [0.1, 0.15) is 0 Å². The third-order valence-corrected chi connectivity index (χ3v) is 4.17. The lowest BCUT2D eigenvalue weighted by Crippen LogP contribution is -2.22. The number of hydrogen-bond acceptors (Lipinski definition) is 3. The highest BCUT2D eigenvalue weighted by atomic mass is 16.6. The molecule has 3 nitrogen and oxygen atoms in total. The van der Waals surface area contributed by atoms with Gasteiger partial charge in [-0.3, -0.25) is 0 Å². The third-order valence-electron chi connectivity index (χ3n) is 4.17. The van der Waals surface area contributed by atoms with Crippen LogP contribution in [0.1, 0.15) is 51.2 Å². The van der Waals surface area contributed by atoms with Crippen molar-refractivity contribution in [1.82, 2.24) is 0 Å². The number of carbonyl (C=O) groups excluding carboxylic acids is 1. The van der Waals surface area contributed by atoms with Gasteiger partial charge >= 0.3 is 5.97 Å². The standard InChI is InChI=1S/C18H21NO2/c1-18(2,3)14-9-7-12(8-10-14)11-15-17(20)21-16(19-15)13-5-4-6-13/h7-11,13H,4-6H2,1-3H3/b15-11+. The predicted molar refractivity (Wildman–Crippen MR) is 84.0 cm³/mol. The molecule has 1 aliphatic heterocycles. The maximum atomic E-state index is 11.9. The quantitative estimate of drug-likeness (QED) is 0.606. The van der Waals surface area contributed by atoms with Gasteiger partial charge in [-0.15, -0.1) is 0 Å². The second-order valence-electron chi connectivity index (χ2n) is 6.87. The molecule has 1 aliphatic carbocycles. The van der Waals surface area contributed by atoms with E-state index in [4.69, 9.17) is 4.74 Å². The van der Waals surface area contributed by atoms with E-state index in [9.17, 15) is 4.79 Å². The number of hydrogen-bond donors (Lipinski definition) is 0. The van der Waals surface area contributed by atoms with Crippen LogP contribution in [0, 0.1) is 5.92 Å². The van der Waals surface area contributed by atoms with Crippen LogP contribution >= 0.6 is 0 Å². The molecule has 3 rings (SSSR count). The first-order chi connectivity index (χ1) is 9.93. The van der Waals surface area contributed by atoms with Crippen LogP contribution in [0.2, 0.25) is 0 Å². The number of benzene rings is 1. The lowest BCUT2D eigenvalue weighted by atomic mass is 9.85. The zero-order chi connectivity index (χ0) is 15.0. The predicted octanol–water partition coefficient (Wildman–Crippen LogP) is 4.08. The zero-order valence-corrected chi connectivity index (χ0v) is 12.8. The van der Waals surface area contributed by atoms with Crippen LogP contribution in [0.5, 0.6) is 0 Å². The summed E-state index contributed by atoms with van der Waals surface area (Å²) in [7, 11) is 0. The van der Waals surface area contributed by atoms with Crippen LogP contribution < -0.4 is 0 Å². The van der Waals surface area contributed by atoms with Crippen molar-refractivity contribution in [2.24, 2.45) is 10.9 Å². The van der Waals surface area contributed by atoms with Crippen LogP contribution in [0.25, 0.3) is 6.08 Å². The molecule has 1 heterocycles. The molecule has 0 spiro atoms. The van der Waals surface area contributed by atoms with E-state index >= 15 is 0 Å². The van der Waals surface area contributed by atoms with Gasteiger partial charge in [0, 0.05) is 5.92 Å². The van der Waals surface area contributed by atoms with Crippen molar-refractivity contribution in [3.05, 3.63) is 41.1 Å². The van der Waals surface area contributed by atoms with Crippen molar-refractivity contribution in [3.8, 4) is 0 Å². The Balaban J connectivity index is 1.81. The van der Waals surface area contributed by atoms with Crippen LogP contribution in [0.3, 0.4) is 0 Å². The fourth-order valence-electron chi connectivity index (χ4n) is 2.49. The molecular formula is C18H21NO2. The maximum Gasteiger partial charge on any atom is 0.363 e. The number of ether oxygens (including phenoxy) is 1. The second-order valence-corrected chi connectivity index (χ2v) is 6.87. The minimum absolute atomic E-state index is 0.132. The van der Waals surface area contributed by atoms with Crippen molar-refractivity contribution in [2.45, 2.75) is 45.4 Å². The number of esters is 1. The Morgan fingerprint density at radius 2 is 1.86 bits per heavy atom. The molecular weight excluding hydrogens is 262 g/mol. The fourth-order valence-corrected chi connectivity index (χ4v) is 2.49. The van der Waals surface area contributed by atoms with E-state index in [1.165, 1.54) is 12.0 Å². The van der Waals surface area contributed by atoms with Crippen molar-refractivity contribution < 1.29 is 9.53 Å². The van der Waals surface area contributed by atoms with Gasteiger partial charge < -0.3 is 4.74 Å². The van der Waals surface area contributed by atoms with Crippen molar-refractivity contribution in [1.29, 1.82) is 0 Å². The molecule has 0 unspecified atom stereocenters. The van der Waals surface area contributed by atoms with Crippen molar-refractivity contribution >= 4 is 17.9 Å². The molecule has 0 bridgehead atoms. The smallest absolute Gasteiger partial charge is 0.363 e. The molecule has 0 aromatic heterocycles. The van der Waals surface area contributed by atoms with E-state index < -0.39 is 0 Å². The van der Waals surface area contributed by atoms with Crippen LogP contribution in [0.15, 0.2) is 35.0 Å². The first kappa shape index (κ1) is 14.1. The number of rotatable bonds is 2. The van der Waals surface area contributed by atoms with E-state index in [1.807, 2.05) is 12.1 Å². The Hall–Kier alpha value is -1.90. The highest BCUT2D eigenvalue weighted by Crippen LogP contribution is 2.32. The minimum atomic E-state index is -0.322. The van der Waals surface area contributed by atoms with Gasteiger partial charge in [-0.2, -0.15) is 0 Å². The Labute approximate surface area is 125 Å². The molecule has 0 N–H and O–H groups in total. The molecule has 0 saturated heterocycles. The third kappa shape index (κ3) is 2.92. The Kier molecular flexibility index (Phi) is 3.44. The van der Waals surface area contributed by atoms with E-state index in [-0.39, 0.29) is 11.4 Å². The molecule has 1 aromatic rings. The van der Waals surface area contributed by atoms with Crippen molar-refractivity contribution in [3.63, 3.8) is 0 Å². The zero-order valence-electron chi connectivity index (χ0n) is 12.8. The summed E-state index contributed by atoms with van der Waals surface area (Å²) in [4.78, 5) is 16.2. The van der Waals surface area contributed by atoms with Gasteiger partial charge in [0.05, 0.1) is 0 Å². The SMILES string of the molecule is CC(C)(C)c1ccc(/C=C2/N=C(C3CCC3)OC2=O)cc1. The Bertz CT molecular complexity index is 614. The van der Waals surface area contributed by atoms with Gasteiger partial charge in [0.2, 0.25) is 5.90 Å². The maximum absolute atomic E-state index is 11.9. The lowest BCUT2D eigenvalue weighted by Gasteiger charge is -2.23. The highest BCUT2D eigenvalue weighted by molar-refractivity contribution is 6.07. The Morgan fingerprint density at radius 3 is 2.38 bits per heavy atom. The number of cyclic esters (lactones) is 1. The normalized spacial score (nSPS) is 21.2. The van der Waals surface area contributed by atoms with E-state index in [0.717, 1.165) is 18.4 Å². The summed E-state index contributed by atoms with van der Waals surface area (Å²) in [5, 5.41) is 0. The lowest BCUT2D eigenvalue weighted by molar-refractivity contribution is -0.130. The van der Waals surface area contributed by atoms with Gasteiger partial charge in [-0.1, -0.05) is 51.5 Å². The molecule has 0 amide bonds. The summed E-state index contributed by atoms with van der Waals surface area (Å²) < 4.78 is 5.27. The van der Waals surface area contributed by atoms with Crippen LogP contribution in [-0.2, 0) is 14.9 Å². The Morgan fingerprint density at radius 1 is 1.19 bits per heavy atom. The van der Waals surface area contributed by atoms with Crippen molar-refractivity contribution in [2.75, 3.05) is 0 Å². The average molecular weight is 283 g/mol. The molecule has 21 heavy (non-hydrogen) atoms. The summed E-state index contributed by atoms with van der Waals surface area (Å²) in [6, 6.07) is 8.25. The molecule has 0 radical (unpaired) electrons. The molecule has 1 fully saturated rings. The summed E-state index contributed by atoms with van der Waals surface area (Å²) >= 11 is 0. The number of aliphatic imine (C=N–C) groups is 1. The first-order valence-electron chi connectivity index (χ1n) is 7.56. The monoisotopic (exact) mass is 283 g/mol. The largest absolute Gasteiger partial charge is 0.406 e. The van der Waals surface area contributed by atoms with E-state index in [0.29, 0.717) is 17.5 Å². The summed E-state index contributed by atoms with van der Waals surface area (Å²) in [5.41, 5.74) is 2.80. The van der Waals surface area contributed by atoms with Gasteiger partial charge in [0.15, 0.2) is 5.70 Å². The van der Waals surface area contributed by atoms with Gasteiger partial charge in [-0.25, -0.2) is 9.79 Å². The van der Waals surface area contributed by atoms with E-state index in [2.05, 4.69) is 37.9 Å². The van der Waals surface area contributed by atoms with Gasteiger partial charge in [-0.05, 0) is 35.5 Å². The highest BCUT2D eigenvalue weighted by Gasteiger charge is 2.32. The number of nitrogens with zero attached hydrogens (tertiary/aromatic N) is 1. The fraction of sp³-hybridized carbons (Fsp3) is 0.444. The first-order valence-corrected chi connectivity index (χ1v) is 7.56. The molecule has 3 heteroatoms. The summed E-state index contributed by atoms with van der Waals surface area (Å²) in [5.74, 6) is 0.642.